The molecular formula is C27H34O7. The van der Waals surface area contributed by atoms with Crippen LogP contribution in [0.15, 0.2) is 35.6 Å². The van der Waals surface area contributed by atoms with Crippen LogP contribution in [0.3, 0.4) is 0 Å². The van der Waals surface area contributed by atoms with Crippen molar-refractivity contribution in [2.45, 2.75) is 66.2 Å². The van der Waals surface area contributed by atoms with Gasteiger partial charge < -0.3 is 14.6 Å². The Morgan fingerprint density at radius 3 is 2.06 bits per heavy atom. The molecule has 1 aromatic carbocycles. The van der Waals surface area contributed by atoms with Crippen LogP contribution in [0.2, 0.25) is 0 Å². The highest BCUT2D eigenvalue weighted by atomic mass is 16.6. The van der Waals surface area contributed by atoms with Crippen LogP contribution in [0.4, 0.5) is 0 Å². The second-order valence-electron chi connectivity index (χ2n) is 10.9. The first-order chi connectivity index (χ1) is 15.8. The molecule has 0 saturated heterocycles. The van der Waals surface area contributed by atoms with Gasteiger partial charge in [-0.25, -0.2) is 4.79 Å². The zero-order valence-electron chi connectivity index (χ0n) is 20.6. The average Bonchev–Trinajstić information content (AvgIpc) is 2.69. The molecule has 1 N–H and O–H groups in total. The van der Waals surface area contributed by atoms with Gasteiger partial charge >= 0.3 is 5.97 Å². The summed E-state index contributed by atoms with van der Waals surface area (Å²) in [4.78, 5) is 51.2. The highest BCUT2D eigenvalue weighted by Crippen LogP contribution is 2.47. The van der Waals surface area contributed by atoms with Crippen molar-refractivity contribution >= 4 is 23.3 Å². The van der Waals surface area contributed by atoms with Crippen LogP contribution in [-0.4, -0.2) is 41.6 Å². The third kappa shape index (κ3) is 5.75. The molecular weight excluding hydrogens is 436 g/mol. The Hall–Kier alpha value is -2.96. The van der Waals surface area contributed by atoms with Gasteiger partial charge in [0.15, 0.2) is 12.4 Å². The number of esters is 1. The Morgan fingerprint density at radius 1 is 0.971 bits per heavy atom. The number of allylic oxidation sites excluding steroid dienone is 2. The van der Waals surface area contributed by atoms with Crippen molar-refractivity contribution in [3.05, 3.63) is 41.2 Å². The van der Waals surface area contributed by atoms with Crippen molar-refractivity contribution in [3.63, 3.8) is 0 Å². The lowest BCUT2D eigenvalue weighted by Gasteiger charge is -2.39. The molecule has 0 heterocycles. The van der Waals surface area contributed by atoms with Crippen molar-refractivity contribution < 1.29 is 33.8 Å². The third-order valence-corrected chi connectivity index (χ3v) is 6.44. The minimum atomic E-state index is -1.03. The van der Waals surface area contributed by atoms with E-state index in [4.69, 9.17) is 9.47 Å². The molecule has 34 heavy (non-hydrogen) atoms. The maximum atomic E-state index is 13.2. The Bertz CT molecular complexity index is 994. The molecule has 0 unspecified atom stereocenters. The van der Waals surface area contributed by atoms with Gasteiger partial charge in [0, 0.05) is 37.2 Å². The monoisotopic (exact) mass is 470 g/mol. The van der Waals surface area contributed by atoms with Gasteiger partial charge in [0.2, 0.25) is 0 Å². The molecule has 1 fully saturated rings. The highest BCUT2D eigenvalue weighted by molar-refractivity contribution is 6.09. The van der Waals surface area contributed by atoms with Crippen LogP contribution in [0.5, 0.6) is 5.75 Å². The third-order valence-electron chi connectivity index (χ3n) is 6.44. The maximum Gasteiger partial charge on any atom is 0.344 e. The molecule has 0 aromatic heterocycles. The number of aliphatic hydroxyl groups is 1. The van der Waals surface area contributed by atoms with Crippen LogP contribution < -0.4 is 4.74 Å². The van der Waals surface area contributed by atoms with Crippen LogP contribution in [0, 0.1) is 16.7 Å². The first-order valence-electron chi connectivity index (χ1n) is 11.7. The van der Waals surface area contributed by atoms with Crippen molar-refractivity contribution in [2.75, 3.05) is 13.2 Å². The fourth-order valence-corrected chi connectivity index (χ4v) is 5.07. The molecule has 7 heteroatoms. The normalized spacial score (nSPS) is 21.4. The van der Waals surface area contributed by atoms with E-state index in [0.29, 0.717) is 17.7 Å². The van der Waals surface area contributed by atoms with E-state index >= 15 is 0 Å². The minimum absolute atomic E-state index is 0.0562. The Morgan fingerprint density at radius 2 is 1.53 bits per heavy atom. The van der Waals surface area contributed by atoms with E-state index in [1.165, 1.54) is 0 Å². The number of ether oxygens (including phenoxy) is 2. The molecule has 3 rings (SSSR count). The molecule has 0 bridgehead atoms. The molecule has 2 aliphatic rings. The number of rotatable bonds is 7. The lowest BCUT2D eigenvalue weighted by atomic mass is 9.62. The predicted molar refractivity (Wildman–Crippen MR) is 126 cm³/mol. The van der Waals surface area contributed by atoms with Gasteiger partial charge in [-0.3, -0.25) is 14.4 Å². The van der Waals surface area contributed by atoms with E-state index in [2.05, 4.69) is 0 Å². The average molecular weight is 471 g/mol. The topological polar surface area (TPSA) is 107 Å². The molecule has 0 amide bonds. The fraction of sp³-hybridized carbons (Fsp3) is 0.556. The van der Waals surface area contributed by atoms with Crippen molar-refractivity contribution in [1.82, 2.24) is 0 Å². The van der Waals surface area contributed by atoms with E-state index < -0.39 is 28.6 Å². The SMILES string of the molecule is CCOC(=O)COc1ccc([C@H](C2=C(O)CC(C)(C)CC2=O)C2C(=O)CC(C)(C)CC2=O)cc1. The molecule has 2 aliphatic carbocycles. The van der Waals surface area contributed by atoms with Crippen LogP contribution >= 0.6 is 0 Å². The quantitative estimate of drug-likeness (QED) is 0.462. The van der Waals surface area contributed by atoms with Gasteiger partial charge in [-0.05, 0) is 35.4 Å². The number of hydrogen-bond donors (Lipinski definition) is 1. The summed E-state index contributed by atoms with van der Waals surface area (Å²) in [5.74, 6) is -2.70. The summed E-state index contributed by atoms with van der Waals surface area (Å²) < 4.78 is 10.3. The first kappa shape index (κ1) is 25.7. The lowest BCUT2D eigenvalue weighted by Crippen LogP contribution is -2.43. The van der Waals surface area contributed by atoms with Gasteiger partial charge in [0.05, 0.1) is 12.5 Å². The van der Waals surface area contributed by atoms with E-state index in [-0.39, 0.29) is 61.2 Å². The van der Waals surface area contributed by atoms with Crippen LogP contribution in [-0.2, 0) is 23.9 Å². The smallest absolute Gasteiger partial charge is 0.344 e. The maximum absolute atomic E-state index is 13.2. The number of carbonyl (C=O) groups is 4. The summed E-state index contributed by atoms with van der Waals surface area (Å²) in [6, 6.07) is 6.60. The molecule has 1 aromatic rings. The Labute approximate surface area is 200 Å². The second-order valence-corrected chi connectivity index (χ2v) is 10.9. The van der Waals surface area contributed by atoms with E-state index in [1.54, 1.807) is 31.2 Å². The van der Waals surface area contributed by atoms with Gasteiger partial charge in [0.25, 0.3) is 0 Å². The van der Waals surface area contributed by atoms with Gasteiger partial charge in [-0.2, -0.15) is 0 Å². The van der Waals surface area contributed by atoms with E-state index in [1.807, 2.05) is 27.7 Å². The van der Waals surface area contributed by atoms with E-state index in [9.17, 15) is 24.3 Å². The molecule has 0 spiro atoms. The first-order valence-corrected chi connectivity index (χ1v) is 11.7. The summed E-state index contributed by atoms with van der Waals surface area (Å²) >= 11 is 0. The Balaban J connectivity index is 2.00. The number of benzene rings is 1. The van der Waals surface area contributed by atoms with Gasteiger partial charge in [0.1, 0.15) is 23.1 Å². The van der Waals surface area contributed by atoms with Crippen LogP contribution in [0.25, 0.3) is 0 Å². The molecule has 0 radical (unpaired) electrons. The zero-order valence-corrected chi connectivity index (χ0v) is 20.6. The van der Waals surface area contributed by atoms with Crippen molar-refractivity contribution in [2.24, 2.45) is 16.7 Å². The number of Topliss-reactive ketones (excluding diaryl/α,β-unsaturated/α-hetero) is 3. The molecule has 1 atom stereocenters. The standard InChI is InChI=1S/C27H34O7/c1-6-33-22(32)15-34-17-9-7-16(8-10-17)23(24-18(28)11-26(2,3)12-19(24)29)25-20(30)13-27(4,5)14-21(25)31/h7-10,23-24,30H,6,11-15H2,1-5H3/t23-/m0/s1. The summed E-state index contributed by atoms with van der Waals surface area (Å²) in [5, 5.41) is 10.9. The number of ketones is 3. The Kier molecular flexibility index (Phi) is 7.34. The highest BCUT2D eigenvalue weighted by Gasteiger charge is 2.48. The molecule has 0 aliphatic heterocycles. The zero-order chi connectivity index (χ0) is 25.3. The molecule has 1 saturated carbocycles. The van der Waals surface area contributed by atoms with E-state index in [0.717, 1.165) is 0 Å². The fourth-order valence-electron chi connectivity index (χ4n) is 5.07. The largest absolute Gasteiger partial charge is 0.512 e. The minimum Gasteiger partial charge on any atom is -0.512 e. The molecule has 184 valence electrons. The summed E-state index contributed by atoms with van der Waals surface area (Å²) in [6.07, 6.45) is 0.985. The van der Waals surface area contributed by atoms with Gasteiger partial charge in [-0.15, -0.1) is 0 Å². The summed E-state index contributed by atoms with van der Waals surface area (Å²) in [7, 11) is 0. The molecule has 7 nitrogen and oxygen atoms in total. The number of hydrogen-bond acceptors (Lipinski definition) is 7. The summed E-state index contributed by atoms with van der Waals surface area (Å²) in [5.41, 5.74) is -0.104. The number of aliphatic hydroxyl groups excluding tert-OH is 1. The van der Waals surface area contributed by atoms with Crippen molar-refractivity contribution in [3.8, 4) is 5.75 Å². The predicted octanol–water partition coefficient (Wildman–Crippen LogP) is 4.49. The van der Waals surface area contributed by atoms with Crippen LogP contribution in [0.1, 0.15) is 71.8 Å². The van der Waals surface area contributed by atoms with Gasteiger partial charge in [-0.1, -0.05) is 39.8 Å². The summed E-state index contributed by atoms with van der Waals surface area (Å²) in [6.45, 7) is 9.30. The second kappa shape index (κ2) is 9.72. The number of carbonyl (C=O) groups excluding carboxylic acids is 4. The van der Waals surface area contributed by atoms with Crippen molar-refractivity contribution in [1.29, 1.82) is 0 Å². The lowest BCUT2D eigenvalue weighted by molar-refractivity contribution is -0.145.